The van der Waals surface area contributed by atoms with Gasteiger partial charge in [0.2, 0.25) is 0 Å². The highest BCUT2D eigenvalue weighted by atomic mass is 16.2. The van der Waals surface area contributed by atoms with Crippen molar-refractivity contribution >= 4 is 5.91 Å². The van der Waals surface area contributed by atoms with Gasteiger partial charge in [-0.05, 0) is 83.3 Å². The van der Waals surface area contributed by atoms with Crippen molar-refractivity contribution in [1.82, 2.24) is 19.6 Å². The minimum absolute atomic E-state index is 0.131. The van der Waals surface area contributed by atoms with Gasteiger partial charge in [-0.15, -0.1) is 0 Å². The predicted molar refractivity (Wildman–Crippen MR) is 111 cm³/mol. The van der Waals surface area contributed by atoms with Gasteiger partial charge in [-0.3, -0.25) is 14.4 Å². The molecule has 0 aliphatic carbocycles. The molecule has 0 spiro atoms. The topological polar surface area (TPSA) is 41.4 Å². The number of likely N-dealkylation sites (tertiary alicyclic amines) is 1. The zero-order chi connectivity index (χ0) is 19.8. The number of aromatic nitrogens is 2. The fraction of sp³-hybridized carbons (Fsp3) is 0.565. The van der Waals surface area contributed by atoms with Gasteiger partial charge in [0.1, 0.15) is 0 Å². The van der Waals surface area contributed by atoms with E-state index in [1.165, 1.54) is 54.0 Å². The molecule has 150 valence electrons. The van der Waals surface area contributed by atoms with Crippen molar-refractivity contribution in [2.45, 2.75) is 66.1 Å². The van der Waals surface area contributed by atoms with E-state index in [9.17, 15) is 4.79 Å². The molecule has 5 heteroatoms. The first kappa shape index (κ1) is 19.2. The van der Waals surface area contributed by atoms with Crippen LogP contribution in [-0.2, 0) is 19.5 Å². The van der Waals surface area contributed by atoms with Crippen molar-refractivity contribution in [1.29, 1.82) is 0 Å². The minimum Gasteiger partial charge on any atom is -0.332 e. The van der Waals surface area contributed by atoms with Crippen molar-refractivity contribution < 1.29 is 4.79 Å². The Kier molecular flexibility index (Phi) is 5.28. The summed E-state index contributed by atoms with van der Waals surface area (Å²) in [5.74, 6) is 0.131. The maximum Gasteiger partial charge on any atom is 0.254 e. The van der Waals surface area contributed by atoms with E-state index < -0.39 is 0 Å². The molecule has 1 saturated heterocycles. The predicted octanol–water partition coefficient (Wildman–Crippen LogP) is 3.88. The first-order valence-corrected chi connectivity index (χ1v) is 10.6. The number of aryl methyl sites for hydroxylation is 2. The van der Waals surface area contributed by atoms with E-state index in [1.807, 2.05) is 23.1 Å². The van der Waals surface area contributed by atoms with Crippen LogP contribution >= 0.6 is 0 Å². The molecule has 3 heterocycles. The van der Waals surface area contributed by atoms with Crippen molar-refractivity contribution in [2.24, 2.45) is 0 Å². The summed E-state index contributed by atoms with van der Waals surface area (Å²) in [6.07, 6.45) is 3.50. The number of amides is 1. The number of hydrogen-bond donors (Lipinski definition) is 0. The van der Waals surface area contributed by atoms with Gasteiger partial charge in [-0.2, -0.15) is 5.10 Å². The number of nitrogens with zero attached hydrogens (tertiary/aromatic N) is 4. The lowest BCUT2D eigenvalue weighted by molar-refractivity contribution is 0.0728. The Labute approximate surface area is 168 Å². The van der Waals surface area contributed by atoms with Gasteiger partial charge < -0.3 is 4.90 Å². The molecule has 28 heavy (non-hydrogen) atoms. The molecule has 2 aromatic rings. The van der Waals surface area contributed by atoms with E-state index in [4.69, 9.17) is 5.10 Å². The van der Waals surface area contributed by atoms with Gasteiger partial charge in [-0.25, -0.2) is 0 Å². The summed E-state index contributed by atoms with van der Waals surface area (Å²) in [6, 6.07) is 6.33. The standard InChI is InChI=1S/C23H32N4O/c1-16(2)27-22-15-26(23(28)19-8-7-17(3)18(4)13-19)12-9-20(22)21(24-27)14-25-10-5-6-11-25/h7-8,13,16H,5-6,9-12,14-15H2,1-4H3. The van der Waals surface area contributed by atoms with E-state index in [2.05, 4.69) is 37.3 Å². The molecule has 0 bridgehead atoms. The third-order valence-corrected chi connectivity index (χ3v) is 6.28. The van der Waals surface area contributed by atoms with Crippen LogP contribution in [0.3, 0.4) is 0 Å². The molecule has 1 amide bonds. The molecule has 2 aliphatic rings. The summed E-state index contributed by atoms with van der Waals surface area (Å²) in [7, 11) is 0. The summed E-state index contributed by atoms with van der Waals surface area (Å²) >= 11 is 0. The maximum atomic E-state index is 13.1. The molecule has 0 N–H and O–H groups in total. The Bertz CT molecular complexity index is 877. The summed E-state index contributed by atoms with van der Waals surface area (Å²) in [6.45, 7) is 13.3. The normalized spacial score (nSPS) is 17.4. The quantitative estimate of drug-likeness (QED) is 0.808. The average Bonchev–Trinajstić information content (AvgIpc) is 3.31. The number of carbonyl (C=O) groups excluding carboxylic acids is 1. The van der Waals surface area contributed by atoms with Crippen molar-refractivity contribution in [3.63, 3.8) is 0 Å². The van der Waals surface area contributed by atoms with Gasteiger partial charge >= 0.3 is 0 Å². The lowest BCUT2D eigenvalue weighted by atomic mass is 10.0. The lowest BCUT2D eigenvalue weighted by Gasteiger charge is -2.29. The fourth-order valence-corrected chi connectivity index (χ4v) is 4.46. The largest absolute Gasteiger partial charge is 0.332 e. The van der Waals surface area contributed by atoms with E-state index >= 15 is 0 Å². The van der Waals surface area contributed by atoms with Crippen LogP contribution in [0.5, 0.6) is 0 Å². The zero-order valence-electron chi connectivity index (χ0n) is 17.7. The van der Waals surface area contributed by atoms with Gasteiger partial charge in [0.05, 0.1) is 17.9 Å². The van der Waals surface area contributed by atoms with E-state index in [0.717, 1.165) is 25.1 Å². The number of rotatable bonds is 4. The van der Waals surface area contributed by atoms with E-state index in [-0.39, 0.29) is 5.91 Å². The molecule has 0 unspecified atom stereocenters. The van der Waals surface area contributed by atoms with Gasteiger partial charge in [0.15, 0.2) is 0 Å². The Morgan fingerprint density at radius 1 is 1.11 bits per heavy atom. The third-order valence-electron chi connectivity index (χ3n) is 6.28. The van der Waals surface area contributed by atoms with Gasteiger partial charge in [0, 0.05) is 30.3 Å². The number of carbonyl (C=O) groups is 1. The smallest absolute Gasteiger partial charge is 0.254 e. The van der Waals surface area contributed by atoms with Crippen LogP contribution in [0.2, 0.25) is 0 Å². The lowest BCUT2D eigenvalue weighted by Crippen LogP contribution is -2.37. The molecule has 1 aromatic heterocycles. The number of benzene rings is 1. The molecule has 4 rings (SSSR count). The molecule has 0 atom stereocenters. The molecule has 1 fully saturated rings. The second-order valence-corrected chi connectivity index (χ2v) is 8.67. The second kappa shape index (κ2) is 7.70. The van der Waals surface area contributed by atoms with Crippen molar-refractivity contribution in [3.8, 4) is 0 Å². The van der Waals surface area contributed by atoms with Gasteiger partial charge in [0.25, 0.3) is 5.91 Å². The average molecular weight is 381 g/mol. The Balaban J connectivity index is 1.59. The zero-order valence-corrected chi connectivity index (χ0v) is 17.7. The summed E-state index contributed by atoms with van der Waals surface area (Å²) in [4.78, 5) is 17.6. The SMILES string of the molecule is Cc1ccc(C(=O)N2CCc3c(CN4CCCC4)nn(C(C)C)c3C2)cc1C. The van der Waals surface area contributed by atoms with Crippen LogP contribution in [0, 0.1) is 13.8 Å². The van der Waals surface area contributed by atoms with Crippen LogP contribution in [0.15, 0.2) is 18.2 Å². The highest BCUT2D eigenvalue weighted by molar-refractivity contribution is 5.94. The minimum atomic E-state index is 0.131. The van der Waals surface area contributed by atoms with Crippen LogP contribution in [-0.4, -0.2) is 45.1 Å². The van der Waals surface area contributed by atoms with Crippen LogP contribution < -0.4 is 0 Å². The molecule has 1 aromatic carbocycles. The fourth-order valence-electron chi connectivity index (χ4n) is 4.46. The maximum absolute atomic E-state index is 13.1. The Morgan fingerprint density at radius 3 is 2.54 bits per heavy atom. The summed E-state index contributed by atoms with van der Waals surface area (Å²) in [5, 5.41) is 4.98. The number of fused-ring (bicyclic) bond motifs is 1. The first-order chi connectivity index (χ1) is 13.4. The van der Waals surface area contributed by atoms with Crippen LogP contribution in [0.1, 0.15) is 71.2 Å². The highest BCUT2D eigenvalue weighted by Gasteiger charge is 2.29. The third kappa shape index (κ3) is 3.60. The molecular formula is C23H32N4O. The van der Waals surface area contributed by atoms with E-state index in [0.29, 0.717) is 12.6 Å². The molecule has 2 aliphatic heterocycles. The Morgan fingerprint density at radius 2 is 1.86 bits per heavy atom. The second-order valence-electron chi connectivity index (χ2n) is 8.67. The van der Waals surface area contributed by atoms with Crippen molar-refractivity contribution in [2.75, 3.05) is 19.6 Å². The molecular weight excluding hydrogens is 348 g/mol. The van der Waals surface area contributed by atoms with Crippen LogP contribution in [0.25, 0.3) is 0 Å². The number of hydrogen-bond acceptors (Lipinski definition) is 3. The Hall–Kier alpha value is -2.14. The monoisotopic (exact) mass is 380 g/mol. The van der Waals surface area contributed by atoms with E-state index in [1.54, 1.807) is 0 Å². The van der Waals surface area contributed by atoms with Crippen molar-refractivity contribution in [3.05, 3.63) is 51.8 Å². The molecule has 0 radical (unpaired) electrons. The van der Waals surface area contributed by atoms with Gasteiger partial charge in [-0.1, -0.05) is 6.07 Å². The summed E-state index contributed by atoms with van der Waals surface area (Å²) < 4.78 is 2.15. The highest BCUT2D eigenvalue weighted by Crippen LogP contribution is 2.28. The summed E-state index contributed by atoms with van der Waals surface area (Å²) in [5.41, 5.74) is 7.02. The molecule has 0 saturated carbocycles. The first-order valence-electron chi connectivity index (χ1n) is 10.6. The molecule has 5 nitrogen and oxygen atoms in total. The van der Waals surface area contributed by atoms with Crippen LogP contribution in [0.4, 0.5) is 0 Å².